The van der Waals surface area contributed by atoms with Gasteiger partial charge in [-0.3, -0.25) is 4.79 Å². The second kappa shape index (κ2) is 5.72. The van der Waals surface area contributed by atoms with Crippen molar-refractivity contribution in [2.45, 2.75) is 18.4 Å². The molecule has 0 unspecified atom stereocenters. The van der Waals surface area contributed by atoms with Gasteiger partial charge in [-0.1, -0.05) is 18.2 Å². The summed E-state index contributed by atoms with van der Waals surface area (Å²) in [6, 6.07) is 9.96. The van der Waals surface area contributed by atoms with E-state index in [1.165, 1.54) is 11.3 Å². The molecule has 2 aromatic rings. The SMILES string of the molecule is O=C(NC1(CCl)CCOCC1)c1cc2ccccc2s1. The van der Waals surface area contributed by atoms with Crippen molar-refractivity contribution < 1.29 is 9.53 Å². The van der Waals surface area contributed by atoms with E-state index < -0.39 is 0 Å². The molecule has 0 bridgehead atoms. The molecule has 1 amide bonds. The van der Waals surface area contributed by atoms with E-state index in [9.17, 15) is 4.79 Å². The van der Waals surface area contributed by atoms with Crippen LogP contribution in [-0.4, -0.2) is 30.5 Å². The van der Waals surface area contributed by atoms with Gasteiger partial charge in [0, 0.05) is 23.8 Å². The van der Waals surface area contributed by atoms with Crippen LogP contribution < -0.4 is 5.32 Å². The van der Waals surface area contributed by atoms with Crippen LogP contribution in [0.15, 0.2) is 30.3 Å². The summed E-state index contributed by atoms with van der Waals surface area (Å²) in [5, 5.41) is 4.22. The van der Waals surface area contributed by atoms with Crippen LogP contribution in [0.25, 0.3) is 10.1 Å². The van der Waals surface area contributed by atoms with Crippen molar-refractivity contribution in [3.63, 3.8) is 0 Å². The number of nitrogens with one attached hydrogen (secondary N) is 1. The molecule has 1 aliphatic heterocycles. The fourth-order valence-corrected chi connectivity index (χ4v) is 3.74. The largest absolute Gasteiger partial charge is 0.381 e. The molecule has 0 atom stereocenters. The Morgan fingerprint density at radius 2 is 2.10 bits per heavy atom. The fraction of sp³-hybridized carbons (Fsp3) is 0.400. The first kappa shape index (κ1) is 13.9. The van der Waals surface area contributed by atoms with Crippen molar-refractivity contribution in [3.05, 3.63) is 35.2 Å². The van der Waals surface area contributed by atoms with E-state index >= 15 is 0 Å². The van der Waals surface area contributed by atoms with E-state index in [-0.39, 0.29) is 11.4 Å². The van der Waals surface area contributed by atoms with Gasteiger partial charge in [-0.15, -0.1) is 22.9 Å². The smallest absolute Gasteiger partial charge is 0.261 e. The van der Waals surface area contributed by atoms with E-state index in [2.05, 4.69) is 5.32 Å². The standard InChI is InChI=1S/C15H16ClNO2S/c16-10-15(5-7-19-8-6-15)17-14(18)13-9-11-3-1-2-4-12(11)20-13/h1-4,9H,5-8,10H2,(H,17,18). The number of halogens is 1. The number of rotatable bonds is 3. The van der Waals surface area contributed by atoms with E-state index in [1.54, 1.807) is 0 Å². The third-order valence-corrected chi connectivity index (χ3v) is 5.36. The lowest BCUT2D eigenvalue weighted by atomic mass is 9.92. The summed E-state index contributed by atoms with van der Waals surface area (Å²) in [5.41, 5.74) is -0.326. The van der Waals surface area contributed by atoms with Gasteiger partial charge in [0.1, 0.15) is 0 Å². The van der Waals surface area contributed by atoms with E-state index in [0.717, 1.165) is 27.8 Å². The molecule has 0 saturated carbocycles. The Bertz CT molecular complexity index is 586. The number of ether oxygens (including phenoxy) is 1. The van der Waals surface area contributed by atoms with Crippen molar-refractivity contribution in [2.24, 2.45) is 0 Å². The van der Waals surface area contributed by atoms with Crippen molar-refractivity contribution in [1.82, 2.24) is 5.32 Å². The highest BCUT2D eigenvalue weighted by atomic mass is 35.5. The zero-order chi connectivity index (χ0) is 14.0. The summed E-state index contributed by atoms with van der Waals surface area (Å²) in [5.74, 6) is 0.390. The second-order valence-electron chi connectivity index (χ2n) is 5.13. The Labute approximate surface area is 126 Å². The summed E-state index contributed by atoms with van der Waals surface area (Å²) >= 11 is 7.60. The lowest BCUT2D eigenvalue weighted by Gasteiger charge is -2.36. The predicted molar refractivity (Wildman–Crippen MR) is 82.8 cm³/mol. The second-order valence-corrected chi connectivity index (χ2v) is 6.48. The van der Waals surface area contributed by atoms with Crippen molar-refractivity contribution in [2.75, 3.05) is 19.1 Å². The first-order valence-corrected chi connectivity index (χ1v) is 8.02. The number of hydrogen-bond acceptors (Lipinski definition) is 3. The third kappa shape index (κ3) is 2.68. The van der Waals surface area contributed by atoms with Crippen LogP contribution in [0.2, 0.25) is 0 Å². The van der Waals surface area contributed by atoms with Crippen LogP contribution in [-0.2, 0) is 4.74 Å². The predicted octanol–water partition coefficient (Wildman–Crippen LogP) is 3.42. The molecule has 3 nitrogen and oxygen atoms in total. The molecule has 20 heavy (non-hydrogen) atoms. The van der Waals surface area contributed by atoms with Crippen molar-refractivity contribution in [3.8, 4) is 0 Å². The summed E-state index contributed by atoms with van der Waals surface area (Å²) in [6.45, 7) is 1.30. The molecular formula is C15H16ClNO2S. The van der Waals surface area contributed by atoms with Gasteiger partial charge in [0.05, 0.1) is 10.4 Å². The molecule has 3 rings (SSSR count). The maximum Gasteiger partial charge on any atom is 0.261 e. The van der Waals surface area contributed by atoms with Gasteiger partial charge in [-0.2, -0.15) is 0 Å². The monoisotopic (exact) mass is 309 g/mol. The number of carbonyl (C=O) groups excluding carboxylic acids is 1. The minimum Gasteiger partial charge on any atom is -0.381 e. The first-order chi connectivity index (χ1) is 9.72. The zero-order valence-corrected chi connectivity index (χ0v) is 12.6. The number of amides is 1. The quantitative estimate of drug-likeness (QED) is 0.882. The Balaban J connectivity index is 1.81. The van der Waals surface area contributed by atoms with Gasteiger partial charge in [0.25, 0.3) is 5.91 Å². The Morgan fingerprint density at radius 3 is 2.80 bits per heavy atom. The summed E-state index contributed by atoms with van der Waals surface area (Å²) < 4.78 is 6.48. The lowest BCUT2D eigenvalue weighted by molar-refractivity contribution is 0.0435. The van der Waals surface area contributed by atoms with Crippen molar-refractivity contribution >= 4 is 38.9 Å². The first-order valence-electron chi connectivity index (χ1n) is 6.67. The summed E-state index contributed by atoms with van der Waals surface area (Å²) in [7, 11) is 0. The van der Waals surface area contributed by atoms with E-state index in [1.807, 2.05) is 30.3 Å². The Morgan fingerprint density at radius 1 is 1.35 bits per heavy atom. The van der Waals surface area contributed by atoms with Crippen LogP contribution >= 0.6 is 22.9 Å². The molecule has 1 N–H and O–H groups in total. The summed E-state index contributed by atoms with van der Waals surface area (Å²) in [6.07, 6.45) is 1.54. The number of alkyl halides is 1. The molecule has 1 fully saturated rings. The van der Waals surface area contributed by atoms with Gasteiger partial charge in [-0.25, -0.2) is 0 Å². The lowest BCUT2D eigenvalue weighted by Crippen LogP contribution is -2.53. The number of carbonyl (C=O) groups is 1. The van der Waals surface area contributed by atoms with Crippen molar-refractivity contribution in [1.29, 1.82) is 0 Å². The molecule has 0 spiro atoms. The minimum atomic E-state index is -0.326. The zero-order valence-electron chi connectivity index (χ0n) is 11.0. The molecule has 5 heteroatoms. The molecule has 0 radical (unpaired) electrons. The van der Waals surface area contributed by atoms with Gasteiger partial charge >= 0.3 is 0 Å². The number of thiophene rings is 1. The maximum atomic E-state index is 12.4. The highest BCUT2D eigenvalue weighted by molar-refractivity contribution is 7.20. The highest BCUT2D eigenvalue weighted by Crippen LogP contribution is 2.27. The Kier molecular flexibility index (Phi) is 3.96. The molecule has 1 aromatic carbocycles. The topological polar surface area (TPSA) is 38.3 Å². The Hall–Kier alpha value is -1.10. The van der Waals surface area contributed by atoms with Gasteiger partial charge < -0.3 is 10.1 Å². The molecule has 1 saturated heterocycles. The number of fused-ring (bicyclic) bond motifs is 1. The average molecular weight is 310 g/mol. The average Bonchev–Trinajstić information content (AvgIpc) is 2.92. The number of hydrogen-bond donors (Lipinski definition) is 1. The van der Waals surface area contributed by atoms with Gasteiger partial charge in [0.2, 0.25) is 0 Å². The fourth-order valence-electron chi connectivity index (χ4n) is 2.45. The normalized spacial score (nSPS) is 18.1. The molecule has 1 aliphatic rings. The van der Waals surface area contributed by atoms with Gasteiger partial charge in [0.15, 0.2) is 0 Å². The molecule has 0 aliphatic carbocycles. The van der Waals surface area contributed by atoms with Crippen LogP contribution in [0.5, 0.6) is 0 Å². The maximum absolute atomic E-state index is 12.4. The van der Waals surface area contributed by atoms with Crippen LogP contribution in [0.3, 0.4) is 0 Å². The summed E-state index contributed by atoms with van der Waals surface area (Å²) in [4.78, 5) is 13.2. The highest BCUT2D eigenvalue weighted by Gasteiger charge is 2.33. The van der Waals surface area contributed by atoms with Crippen LogP contribution in [0.1, 0.15) is 22.5 Å². The van der Waals surface area contributed by atoms with Gasteiger partial charge in [-0.05, 0) is 30.4 Å². The van der Waals surface area contributed by atoms with E-state index in [0.29, 0.717) is 19.1 Å². The molecular weight excluding hydrogens is 294 g/mol. The molecule has 106 valence electrons. The molecule has 2 heterocycles. The number of benzene rings is 1. The third-order valence-electron chi connectivity index (χ3n) is 3.73. The van der Waals surface area contributed by atoms with Crippen LogP contribution in [0.4, 0.5) is 0 Å². The van der Waals surface area contributed by atoms with E-state index in [4.69, 9.17) is 16.3 Å². The minimum absolute atomic E-state index is 0.0336. The van der Waals surface area contributed by atoms with Crippen LogP contribution in [0, 0.1) is 0 Å². The molecule has 1 aromatic heterocycles.